The van der Waals surface area contributed by atoms with E-state index < -0.39 is 34.4 Å². The van der Waals surface area contributed by atoms with Crippen LogP contribution in [0.5, 0.6) is 0 Å². The van der Waals surface area contributed by atoms with E-state index >= 15 is 0 Å². The maximum Gasteiger partial charge on any atom is 0.269 e. The fourth-order valence-corrected chi connectivity index (χ4v) is 5.49. The van der Waals surface area contributed by atoms with Gasteiger partial charge in [-0.1, -0.05) is 55.8 Å². The molecule has 0 saturated heterocycles. The quantitative estimate of drug-likeness (QED) is 0.563. The number of nitrogens with zero attached hydrogens (tertiary/aromatic N) is 2. The maximum atomic E-state index is 13.5. The molecule has 0 fully saturated rings. The van der Waals surface area contributed by atoms with Crippen LogP contribution in [0.3, 0.4) is 0 Å². The molecular weight excluding hydrogens is 478 g/mol. The van der Waals surface area contributed by atoms with E-state index in [1.807, 2.05) is 13.8 Å². The molecule has 1 N–H and O–H groups in total. The highest BCUT2D eigenvalue weighted by Crippen LogP contribution is 2.30. The summed E-state index contributed by atoms with van der Waals surface area (Å²) in [5, 5.41) is 3.30. The van der Waals surface area contributed by atoms with E-state index in [-0.39, 0.29) is 29.0 Å². The molecule has 182 valence electrons. The summed E-state index contributed by atoms with van der Waals surface area (Å²) in [5.41, 5.74) is 0.626. The molecule has 0 spiro atoms. The van der Waals surface area contributed by atoms with Gasteiger partial charge in [0.25, 0.3) is 15.9 Å². The normalized spacial score (nSPS) is 16.0. The van der Waals surface area contributed by atoms with Gasteiger partial charge < -0.3 is 10.2 Å². The average Bonchev–Trinajstić information content (AvgIpc) is 3.00. The van der Waals surface area contributed by atoms with Crippen LogP contribution in [0.1, 0.15) is 49.5 Å². The van der Waals surface area contributed by atoms with Crippen molar-refractivity contribution in [3.05, 3.63) is 64.7 Å². The minimum atomic E-state index is -4.17. The van der Waals surface area contributed by atoms with E-state index in [4.69, 9.17) is 11.6 Å². The van der Waals surface area contributed by atoms with Crippen LogP contribution in [0, 0.1) is 0 Å². The largest absolute Gasteiger partial charge is 0.352 e. The fourth-order valence-electron chi connectivity index (χ4n) is 3.77. The van der Waals surface area contributed by atoms with Crippen LogP contribution in [0.4, 0.5) is 0 Å². The minimum Gasteiger partial charge on any atom is -0.352 e. The van der Waals surface area contributed by atoms with E-state index in [0.29, 0.717) is 27.7 Å². The SMILES string of the molecule is CC[C@@H](C)NC(=O)[C@H](CC)N(Cc1ccccc1Cl)C(=O)CN1C(=O)c2ccccc2S1(=O)=O. The molecule has 0 unspecified atom stereocenters. The Morgan fingerprint density at radius 1 is 1.06 bits per heavy atom. The van der Waals surface area contributed by atoms with E-state index in [1.165, 1.54) is 23.1 Å². The van der Waals surface area contributed by atoms with Gasteiger partial charge in [-0.2, -0.15) is 0 Å². The van der Waals surface area contributed by atoms with Crippen LogP contribution in [-0.4, -0.2) is 54.0 Å². The summed E-state index contributed by atoms with van der Waals surface area (Å²) in [5.74, 6) is -1.79. The van der Waals surface area contributed by atoms with Gasteiger partial charge in [0.05, 0.1) is 5.56 Å². The lowest BCUT2D eigenvalue weighted by Crippen LogP contribution is -2.53. The highest BCUT2D eigenvalue weighted by molar-refractivity contribution is 7.90. The van der Waals surface area contributed by atoms with Crippen molar-refractivity contribution in [3.8, 4) is 0 Å². The van der Waals surface area contributed by atoms with Gasteiger partial charge in [0.15, 0.2) is 0 Å². The first-order valence-corrected chi connectivity index (χ1v) is 12.9. The number of benzene rings is 2. The molecule has 1 aliphatic rings. The van der Waals surface area contributed by atoms with Crippen molar-refractivity contribution in [2.45, 2.75) is 57.1 Å². The third-order valence-corrected chi connectivity index (χ3v) is 8.03. The average molecular weight is 506 g/mol. The molecule has 0 saturated carbocycles. The van der Waals surface area contributed by atoms with Crippen LogP contribution in [0.2, 0.25) is 5.02 Å². The lowest BCUT2D eigenvalue weighted by atomic mass is 10.1. The highest BCUT2D eigenvalue weighted by Gasteiger charge is 2.43. The number of carbonyl (C=O) groups is 3. The molecule has 1 heterocycles. The van der Waals surface area contributed by atoms with E-state index in [0.717, 1.165) is 0 Å². The van der Waals surface area contributed by atoms with E-state index in [9.17, 15) is 22.8 Å². The lowest BCUT2D eigenvalue weighted by molar-refractivity contribution is -0.141. The first-order valence-electron chi connectivity index (χ1n) is 11.1. The molecule has 10 heteroatoms. The maximum absolute atomic E-state index is 13.5. The summed E-state index contributed by atoms with van der Waals surface area (Å²) in [6, 6.07) is 11.8. The van der Waals surface area contributed by atoms with Gasteiger partial charge in [0.1, 0.15) is 17.5 Å². The number of sulfonamides is 1. The first-order chi connectivity index (χ1) is 16.1. The molecule has 0 aromatic heterocycles. The Labute approximate surface area is 204 Å². The number of hydrogen-bond acceptors (Lipinski definition) is 5. The van der Waals surface area contributed by atoms with Crippen molar-refractivity contribution in [1.29, 1.82) is 0 Å². The molecule has 2 aromatic carbocycles. The van der Waals surface area contributed by atoms with Gasteiger partial charge >= 0.3 is 0 Å². The minimum absolute atomic E-state index is 0.0139. The number of hydrogen-bond donors (Lipinski definition) is 1. The molecule has 34 heavy (non-hydrogen) atoms. The number of halogens is 1. The summed E-state index contributed by atoms with van der Waals surface area (Å²) in [4.78, 5) is 40.5. The highest BCUT2D eigenvalue weighted by atomic mass is 35.5. The van der Waals surface area contributed by atoms with Crippen molar-refractivity contribution < 1.29 is 22.8 Å². The molecule has 2 atom stereocenters. The zero-order valence-electron chi connectivity index (χ0n) is 19.3. The van der Waals surface area contributed by atoms with Crippen molar-refractivity contribution in [2.24, 2.45) is 0 Å². The molecule has 8 nitrogen and oxygen atoms in total. The van der Waals surface area contributed by atoms with Gasteiger partial charge in [0.2, 0.25) is 11.8 Å². The lowest BCUT2D eigenvalue weighted by Gasteiger charge is -2.32. The number of rotatable bonds is 9. The predicted molar refractivity (Wildman–Crippen MR) is 129 cm³/mol. The van der Waals surface area contributed by atoms with Crippen LogP contribution in [0.15, 0.2) is 53.4 Å². The molecular formula is C24H28ClN3O5S. The Bertz CT molecular complexity index is 1200. The molecule has 0 radical (unpaired) electrons. The predicted octanol–water partition coefficient (Wildman–Crippen LogP) is 3.21. The smallest absolute Gasteiger partial charge is 0.269 e. The topological polar surface area (TPSA) is 104 Å². The van der Waals surface area contributed by atoms with Crippen molar-refractivity contribution in [1.82, 2.24) is 14.5 Å². The summed E-state index contributed by atoms with van der Waals surface area (Å²) in [7, 11) is -4.17. The second-order valence-electron chi connectivity index (χ2n) is 8.17. The van der Waals surface area contributed by atoms with Gasteiger partial charge in [-0.05, 0) is 43.5 Å². The molecule has 0 aliphatic carbocycles. The van der Waals surface area contributed by atoms with Crippen molar-refractivity contribution in [3.63, 3.8) is 0 Å². The molecule has 3 rings (SSSR count). The Kier molecular flexibility index (Phi) is 7.99. The number of nitrogens with one attached hydrogen (secondary N) is 1. The molecule has 1 aliphatic heterocycles. The van der Waals surface area contributed by atoms with E-state index in [2.05, 4.69) is 5.32 Å². The van der Waals surface area contributed by atoms with Crippen LogP contribution in [0.25, 0.3) is 0 Å². The summed E-state index contributed by atoms with van der Waals surface area (Å²) in [6.45, 7) is 4.83. The number of fused-ring (bicyclic) bond motifs is 1. The Morgan fingerprint density at radius 3 is 2.32 bits per heavy atom. The Hall–Kier alpha value is -2.91. The molecule has 2 aromatic rings. The third kappa shape index (κ3) is 5.10. The van der Waals surface area contributed by atoms with Gasteiger partial charge in [-0.3, -0.25) is 14.4 Å². The third-order valence-electron chi connectivity index (χ3n) is 5.88. The van der Waals surface area contributed by atoms with Crippen molar-refractivity contribution >= 4 is 39.3 Å². The standard InChI is InChI=1S/C24H28ClN3O5S/c1-4-16(3)26-23(30)20(5-2)27(14-17-10-6-8-12-19(17)25)22(29)15-28-24(31)18-11-7-9-13-21(18)34(28,32)33/h6-13,16,20H,4-5,14-15H2,1-3H3,(H,26,30)/t16-,20+/m1/s1. The molecule has 0 bridgehead atoms. The van der Waals surface area contributed by atoms with Gasteiger partial charge in [-0.25, -0.2) is 12.7 Å². The van der Waals surface area contributed by atoms with Gasteiger partial charge in [-0.15, -0.1) is 0 Å². The second-order valence-corrected chi connectivity index (χ2v) is 10.4. The first kappa shape index (κ1) is 25.7. The summed E-state index contributed by atoms with van der Waals surface area (Å²) < 4.78 is 26.5. The monoisotopic (exact) mass is 505 g/mol. The fraction of sp³-hybridized carbons (Fsp3) is 0.375. The number of amides is 3. The van der Waals surface area contributed by atoms with Gasteiger partial charge in [0, 0.05) is 17.6 Å². The zero-order chi connectivity index (χ0) is 25.0. The van der Waals surface area contributed by atoms with Crippen molar-refractivity contribution in [2.75, 3.05) is 6.54 Å². The van der Waals surface area contributed by atoms with Crippen LogP contribution >= 0.6 is 11.6 Å². The molecule has 3 amide bonds. The summed E-state index contributed by atoms with van der Waals surface area (Å²) in [6.07, 6.45) is 0.999. The zero-order valence-corrected chi connectivity index (χ0v) is 20.9. The Balaban J connectivity index is 1.94. The Morgan fingerprint density at radius 2 is 1.71 bits per heavy atom. The number of carbonyl (C=O) groups excluding carboxylic acids is 3. The van der Waals surface area contributed by atoms with Crippen LogP contribution in [-0.2, 0) is 26.2 Å². The summed E-state index contributed by atoms with van der Waals surface area (Å²) >= 11 is 6.31. The van der Waals surface area contributed by atoms with Crippen LogP contribution < -0.4 is 5.32 Å². The second kappa shape index (κ2) is 10.6. The van der Waals surface area contributed by atoms with E-state index in [1.54, 1.807) is 37.3 Å².